The first-order valence-corrected chi connectivity index (χ1v) is 11.1. The molecule has 2 unspecified atom stereocenters. The molecule has 184 valence electrons. The summed E-state index contributed by atoms with van der Waals surface area (Å²) in [4.78, 5) is 12.0. The van der Waals surface area contributed by atoms with E-state index in [1.165, 1.54) is 19.3 Å². The van der Waals surface area contributed by atoms with Gasteiger partial charge in [-0.3, -0.25) is 4.98 Å². The van der Waals surface area contributed by atoms with Crippen molar-refractivity contribution in [3.8, 4) is 22.8 Å². The maximum absolute atomic E-state index is 13.7. The largest absolute Gasteiger partial charge is 0.496 e. The Bertz CT molecular complexity index is 1250. The Morgan fingerprint density at radius 3 is 2.60 bits per heavy atom. The molecule has 1 aliphatic rings. The van der Waals surface area contributed by atoms with Crippen molar-refractivity contribution in [1.29, 1.82) is 0 Å². The minimum Gasteiger partial charge on any atom is -0.496 e. The highest BCUT2D eigenvalue weighted by Crippen LogP contribution is 2.38. The number of rotatable bonds is 7. The summed E-state index contributed by atoms with van der Waals surface area (Å²) in [5.74, 6) is 1.47. The Morgan fingerprint density at radius 1 is 1.14 bits per heavy atom. The number of alkyl halides is 3. The minimum absolute atomic E-state index is 0.00270. The predicted molar refractivity (Wildman–Crippen MR) is 124 cm³/mol. The number of methoxy groups -OCH3 is 1. The lowest BCUT2D eigenvalue weighted by molar-refractivity contribution is -0.137. The standard InChI is InChI=1S/C26H25F4N3O2/c1-4-16-11-18(27)6-9-21(16)25-32-15(2)24(33-25)22-10-8-20(12-23(22)34-3)35-14-19-7-5-17(13-31-19)26(28,29)30/h5-13,16,21H,4,14H2,1-3H3,(H,32,33). The average molecular weight is 487 g/mol. The molecule has 9 heteroatoms. The molecule has 1 aliphatic carbocycles. The highest BCUT2D eigenvalue weighted by molar-refractivity contribution is 5.70. The van der Waals surface area contributed by atoms with Crippen molar-refractivity contribution in [1.82, 2.24) is 15.0 Å². The fourth-order valence-corrected chi connectivity index (χ4v) is 4.06. The van der Waals surface area contributed by atoms with Crippen LogP contribution in [-0.4, -0.2) is 22.1 Å². The number of hydrogen-bond acceptors (Lipinski definition) is 4. The fraction of sp³-hybridized carbons (Fsp3) is 0.308. The lowest BCUT2D eigenvalue weighted by atomic mass is 9.85. The van der Waals surface area contributed by atoms with Crippen molar-refractivity contribution in [2.45, 2.75) is 39.0 Å². The minimum atomic E-state index is -4.43. The number of hydrogen-bond donors (Lipinski definition) is 1. The quantitative estimate of drug-likeness (QED) is 0.368. The summed E-state index contributed by atoms with van der Waals surface area (Å²) in [6.07, 6.45) is 2.05. The maximum Gasteiger partial charge on any atom is 0.417 e. The predicted octanol–water partition coefficient (Wildman–Crippen LogP) is 6.92. The Labute approximate surface area is 200 Å². The van der Waals surface area contributed by atoms with Crippen molar-refractivity contribution >= 4 is 0 Å². The smallest absolute Gasteiger partial charge is 0.417 e. The maximum atomic E-state index is 13.7. The van der Waals surface area contributed by atoms with Gasteiger partial charge < -0.3 is 14.5 Å². The summed E-state index contributed by atoms with van der Waals surface area (Å²) < 4.78 is 63.1. The lowest BCUT2D eigenvalue weighted by Crippen LogP contribution is -2.12. The third-order valence-electron chi connectivity index (χ3n) is 5.95. The van der Waals surface area contributed by atoms with E-state index in [0.717, 1.165) is 35.8 Å². The van der Waals surface area contributed by atoms with E-state index in [2.05, 4.69) is 9.97 Å². The highest BCUT2D eigenvalue weighted by Gasteiger charge is 2.30. The molecule has 2 heterocycles. The molecule has 5 nitrogen and oxygen atoms in total. The monoisotopic (exact) mass is 487 g/mol. The van der Waals surface area contributed by atoms with E-state index in [1.807, 2.05) is 26.0 Å². The molecule has 2 aromatic heterocycles. The number of aryl methyl sites for hydroxylation is 1. The van der Waals surface area contributed by atoms with Crippen LogP contribution in [0, 0.1) is 12.8 Å². The average Bonchev–Trinajstić information content (AvgIpc) is 3.23. The van der Waals surface area contributed by atoms with Gasteiger partial charge in [0.15, 0.2) is 0 Å². The molecular weight excluding hydrogens is 462 g/mol. The molecule has 0 saturated heterocycles. The van der Waals surface area contributed by atoms with Gasteiger partial charge in [-0.1, -0.05) is 13.0 Å². The van der Waals surface area contributed by atoms with Crippen LogP contribution in [0.1, 0.15) is 42.0 Å². The van der Waals surface area contributed by atoms with Gasteiger partial charge in [0.25, 0.3) is 0 Å². The van der Waals surface area contributed by atoms with Gasteiger partial charge in [-0.05, 0) is 55.7 Å². The van der Waals surface area contributed by atoms with Crippen LogP contribution in [-0.2, 0) is 12.8 Å². The summed E-state index contributed by atoms with van der Waals surface area (Å²) in [6, 6.07) is 7.51. The Hall–Kier alpha value is -3.62. The molecule has 0 spiro atoms. The van der Waals surface area contributed by atoms with Gasteiger partial charge in [0.2, 0.25) is 0 Å². The SMILES string of the molecule is CCC1C=C(F)C=CC1c1nc(-c2ccc(OCc3ccc(C(F)(F)F)cn3)cc2OC)c(C)[nH]1. The van der Waals surface area contributed by atoms with Gasteiger partial charge in [0.1, 0.15) is 29.8 Å². The van der Waals surface area contributed by atoms with Gasteiger partial charge in [0.05, 0.1) is 24.1 Å². The zero-order chi connectivity index (χ0) is 25.2. The van der Waals surface area contributed by atoms with Crippen molar-refractivity contribution in [3.05, 3.63) is 83.4 Å². The number of nitrogens with zero attached hydrogens (tertiary/aromatic N) is 2. The van der Waals surface area contributed by atoms with E-state index in [0.29, 0.717) is 22.9 Å². The number of halogens is 4. The second-order valence-corrected chi connectivity index (χ2v) is 8.29. The van der Waals surface area contributed by atoms with Crippen LogP contribution >= 0.6 is 0 Å². The van der Waals surface area contributed by atoms with Crippen LogP contribution in [0.3, 0.4) is 0 Å². The summed E-state index contributed by atoms with van der Waals surface area (Å²) in [6.45, 7) is 3.93. The molecule has 0 amide bonds. The number of allylic oxidation sites excluding steroid dienone is 4. The second-order valence-electron chi connectivity index (χ2n) is 8.29. The third kappa shape index (κ3) is 5.39. The van der Waals surface area contributed by atoms with Crippen LogP contribution < -0.4 is 9.47 Å². The number of aromatic nitrogens is 3. The molecule has 2 atom stereocenters. The first kappa shape index (κ1) is 24.5. The van der Waals surface area contributed by atoms with Gasteiger partial charge in [-0.25, -0.2) is 9.37 Å². The summed E-state index contributed by atoms with van der Waals surface area (Å²) >= 11 is 0. The van der Waals surface area contributed by atoms with Crippen LogP contribution in [0.15, 0.2) is 60.6 Å². The molecule has 1 aromatic carbocycles. The molecule has 3 aromatic rings. The van der Waals surface area contributed by atoms with Crippen molar-refractivity contribution in [3.63, 3.8) is 0 Å². The lowest BCUT2D eigenvalue weighted by Gasteiger charge is -2.21. The number of nitrogens with one attached hydrogen (secondary N) is 1. The Balaban J connectivity index is 1.52. The van der Waals surface area contributed by atoms with Crippen LogP contribution in [0.2, 0.25) is 0 Å². The number of H-pyrrole nitrogens is 1. The molecule has 0 fully saturated rings. The molecule has 0 radical (unpaired) electrons. The van der Waals surface area contributed by atoms with Crippen molar-refractivity contribution in [2.24, 2.45) is 5.92 Å². The summed E-state index contributed by atoms with van der Waals surface area (Å²) in [7, 11) is 1.54. The summed E-state index contributed by atoms with van der Waals surface area (Å²) in [5.41, 5.74) is 1.87. The number of pyridine rings is 1. The van der Waals surface area contributed by atoms with Crippen LogP contribution in [0.4, 0.5) is 17.6 Å². The van der Waals surface area contributed by atoms with Gasteiger partial charge in [0, 0.05) is 29.4 Å². The van der Waals surface area contributed by atoms with Gasteiger partial charge in [-0.15, -0.1) is 0 Å². The van der Waals surface area contributed by atoms with Crippen LogP contribution in [0.5, 0.6) is 11.5 Å². The number of aromatic amines is 1. The molecule has 35 heavy (non-hydrogen) atoms. The molecule has 0 saturated carbocycles. The number of ether oxygens (including phenoxy) is 2. The van der Waals surface area contributed by atoms with E-state index in [-0.39, 0.29) is 24.3 Å². The van der Waals surface area contributed by atoms with Gasteiger partial charge in [-0.2, -0.15) is 13.2 Å². The second kappa shape index (κ2) is 9.93. The number of benzene rings is 1. The van der Waals surface area contributed by atoms with E-state index in [4.69, 9.17) is 14.5 Å². The zero-order valence-corrected chi connectivity index (χ0v) is 19.5. The molecule has 0 aliphatic heterocycles. The third-order valence-corrected chi connectivity index (χ3v) is 5.95. The van der Waals surface area contributed by atoms with E-state index in [9.17, 15) is 17.6 Å². The Kier molecular flexibility index (Phi) is 6.95. The fourth-order valence-electron chi connectivity index (χ4n) is 4.06. The van der Waals surface area contributed by atoms with Crippen molar-refractivity contribution < 1.29 is 27.0 Å². The molecule has 0 bridgehead atoms. The molecule has 1 N–H and O–H groups in total. The molecular formula is C26H25F4N3O2. The van der Waals surface area contributed by atoms with E-state index < -0.39 is 11.7 Å². The first-order valence-electron chi connectivity index (χ1n) is 11.1. The highest BCUT2D eigenvalue weighted by atomic mass is 19.4. The van der Waals surface area contributed by atoms with Crippen LogP contribution in [0.25, 0.3) is 11.3 Å². The Morgan fingerprint density at radius 2 is 1.94 bits per heavy atom. The molecule has 4 rings (SSSR count). The number of imidazole rings is 1. The normalized spacial score (nSPS) is 17.9. The van der Waals surface area contributed by atoms with Crippen molar-refractivity contribution in [2.75, 3.05) is 7.11 Å². The zero-order valence-electron chi connectivity index (χ0n) is 19.5. The van der Waals surface area contributed by atoms with E-state index >= 15 is 0 Å². The summed E-state index contributed by atoms with van der Waals surface area (Å²) in [5, 5.41) is 0. The first-order chi connectivity index (χ1) is 16.7. The van der Waals surface area contributed by atoms with E-state index in [1.54, 1.807) is 18.2 Å². The topological polar surface area (TPSA) is 60.0 Å². The van der Waals surface area contributed by atoms with Gasteiger partial charge >= 0.3 is 6.18 Å².